The number of benzene rings is 2. The number of hydrogen-bond donors (Lipinski definition) is 0. The Balaban J connectivity index is 1.68. The fraction of sp³-hybridized carbons (Fsp3) is 0.154. The molecule has 0 saturated carbocycles. The standard InChI is InChI=1S/C26H25N3O/c1-20-8-6-7-11-23(20)18-29-19-24(22-12-14-27-15-13-22)16-25(29)26(30)28(2)17-21-9-4-3-5-10-21/h3-16,19H,17-18H2,1-2H3. The minimum atomic E-state index is 0.00717. The van der Waals surface area contributed by atoms with Crippen molar-refractivity contribution < 1.29 is 4.79 Å². The third-order valence-corrected chi connectivity index (χ3v) is 5.34. The second-order valence-electron chi connectivity index (χ2n) is 7.55. The van der Waals surface area contributed by atoms with Crippen LogP contribution in [0.15, 0.2) is 91.4 Å². The lowest BCUT2D eigenvalue weighted by atomic mass is 10.1. The first kappa shape index (κ1) is 19.6. The number of carbonyl (C=O) groups is 1. The fourth-order valence-corrected chi connectivity index (χ4v) is 3.62. The first-order valence-corrected chi connectivity index (χ1v) is 10.1. The second kappa shape index (κ2) is 8.78. The van der Waals surface area contributed by atoms with Crippen LogP contribution in [0.1, 0.15) is 27.2 Å². The lowest BCUT2D eigenvalue weighted by Gasteiger charge is -2.19. The van der Waals surface area contributed by atoms with Crippen molar-refractivity contribution in [3.05, 3.63) is 114 Å². The SMILES string of the molecule is Cc1ccccc1Cn1cc(-c2ccncc2)cc1C(=O)N(C)Cc1ccccc1. The van der Waals surface area contributed by atoms with Crippen LogP contribution in [-0.4, -0.2) is 27.4 Å². The van der Waals surface area contributed by atoms with Gasteiger partial charge in [0, 0.05) is 44.3 Å². The van der Waals surface area contributed by atoms with Crippen molar-refractivity contribution in [3.8, 4) is 11.1 Å². The van der Waals surface area contributed by atoms with Crippen LogP contribution in [0, 0.1) is 6.92 Å². The number of aryl methyl sites for hydroxylation is 1. The molecule has 4 rings (SSSR count). The zero-order chi connectivity index (χ0) is 20.9. The summed E-state index contributed by atoms with van der Waals surface area (Å²) in [5.74, 6) is 0.00717. The van der Waals surface area contributed by atoms with Crippen molar-refractivity contribution in [2.45, 2.75) is 20.0 Å². The summed E-state index contributed by atoms with van der Waals surface area (Å²) in [4.78, 5) is 19.3. The summed E-state index contributed by atoms with van der Waals surface area (Å²) < 4.78 is 2.06. The molecule has 4 nitrogen and oxygen atoms in total. The van der Waals surface area contributed by atoms with Gasteiger partial charge in [-0.05, 0) is 47.4 Å². The highest BCUT2D eigenvalue weighted by Crippen LogP contribution is 2.24. The van der Waals surface area contributed by atoms with Crippen molar-refractivity contribution in [3.63, 3.8) is 0 Å². The van der Waals surface area contributed by atoms with Gasteiger partial charge in [0.05, 0.1) is 0 Å². The van der Waals surface area contributed by atoms with E-state index >= 15 is 0 Å². The van der Waals surface area contributed by atoms with Crippen LogP contribution >= 0.6 is 0 Å². The lowest BCUT2D eigenvalue weighted by molar-refractivity contribution is 0.0775. The predicted molar refractivity (Wildman–Crippen MR) is 120 cm³/mol. The van der Waals surface area contributed by atoms with Crippen LogP contribution in [0.4, 0.5) is 0 Å². The van der Waals surface area contributed by atoms with Gasteiger partial charge in [0.1, 0.15) is 5.69 Å². The summed E-state index contributed by atoms with van der Waals surface area (Å²) in [7, 11) is 1.85. The fourth-order valence-electron chi connectivity index (χ4n) is 3.62. The van der Waals surface area contributed by atoms with E-state index in [9.17, 15) is 4.79 Å². The smallest absolute Gasteiger partial charge is 0.270 e. The molecular formula is C26H25N3O. The molecule has 0 atom stereocenters. The molecule has 4 heteroatoms. The van der Waals surface area contributed by atoms with Crippen LogP contribution in [0.5, 0.6) is 0 Å². The normalized spacial score (nSPS) is 10.7. The molecule has 2 aromatic carbocycles. The van der Waals surface area contributed by atoms with Crippen LogP contribution < -0.4 is 0 Å². The average molecular weight is 396 g/mol. The number of amides is 1. The van der Waals surface area contributed by atoms with Gasteiger partial charge >= 0.3 is 0 Å². The molecule has 1 amide bonds. The van der Waals surface area contributed by atoms with Gasteiger partial charge in [-0.3, -0.25) is 9.78 Å². The van der Waals surface area contributed by atoms with Gasteiger partial charge in [-0.1, -0.05) is 54.6 Å². The Morgan fingerprint density at radius 1 is 0.933 bits per heavy atom. The molecule has 2 aromatic heterocycles. The molecule has 30 heavy (non-hydrogen) atoms. The summed E-state index contributed by atoms with van der Waals surface area (Å²) in [6.45, 7) is 3.32. The minimum absolute atomic E-state index is 0.00717. The van der Waals surface area contributed by atoms with Crippen molar-refractivity contribution in [1.82, 2.24) is 14.5 Å². The molecule has 0 radical (unpaired) electrons. The monoisotopic (exact) mass is 395 g/mol. The third-order valence-electron chi connectivity index (χ3n) is 5.34. The molecule has 0 fully saturated rings. The van der Waals surface area contributed by atoms with Gasteiger partial charge in [-0.2, -0.15) is 0 Å². The van der Waals surface area contributed by atoms with E-state index in [1.54, 1.807) is 17.3 Å². The summed E-state index contributed by atoms with van der Waals surface area (Å²) in [5.41, 5.74) is 6.28. The van der Waals surface area contributed by atoms with Crippen molar-refractivity contribution in [2.24, 2.45) is 0 Å². The average Bonchev–Trinajstić information content (AvgIpc) is 3.20. The summed E-state index contributed by atoms with van der Waals surface area (Å²) in [5, 5.41) is 0. The lowest BCUT2D eigenvalue weighted by Crippen LogP contribution is -2.28. The minimum Gasteiger partial charge on any atom is -0.338 e. The number of aromatic nitrogens is 2. The van der Waals surface area contributed by atoms with Crippen molar-refractivity contribution >= 4 is 5.91 Å². The number of pyridine rings is 1. The molecule has 0 aliphatic carbocycles. The molecule has 0 N–H and O–H groups in total. The molecule has 0 unspecified atom stereocenters. The molecule has 0 aliphatic rings. The van der Waals surface area contributed by atoms with Gasteiger partial charge < -0.3 is 9.47 Å². The Labute approximate surface area is 177 Å². The van der Waals surface area contributed by atoms with Crippen LogP contribution in [-0.2, 0) is 13.1 Å². The van der Waals surface area contributed by atoms with E-state index in [0.29, 0.717) is 18.8 Å². The summed E-state index contributed by atoms with van der Waals surface area (Å²) in [6, 6.07) is 24.3. The molecule has 0 bridgehead atoms. The summed E-state index contributed by atoms with van der Waals surface area (Å²) in [6.07, 6.45) is 5.61. The Bertz CT molecular complexity index is 1130. The van der Waals surface area contributed by atoms with E-state index in [-0.39, 0.29) is 5.91 Å². The van der Waals surface area contributed by atoms with E-state index in [1.165, 1.54) is 11.1 Å². The van der Waals surface area contributed by atoms with Crippen LogP contribution in [0.25, 0.3) is 11.1 Å². The zero-order valence-corrected chi connectivity index (χ0v) is 17.3. The predicted octanol–water partition coefficient (Wildman–Crippen LogP) is 5.18. The third kappa shape index (κ3) is 4.33. The number of nitrogens with zero attached hydrogens (tertiary/aromatic N) is 3. The van der Waals surface area contributed by atoms with E-state index in [0.717, 1.165) is 16.7 Å². The highest BCUT2D eigenvalue weighted by atomic mass is 16.2. The maximum atomic E-state index is 13.4. The Kier molecular flexibility index (Phi) is 5.75. The number of hydrogen-bond acceptors (Lipinski definition) is 2. The van der Waals surface area contributed by atoms with E-state index in [1.807, 2.05) is 67.7 Å². The Hall–Kier alpha value is -3.66. The first-order valence-electron chi connectivity index (χ1n) is 10.1. The molecule has 4 aromatic rings. The second-order valence-corrected chi connectivity index (χ2v) is 7.55. The van der Waals surface area contributed by atoms with E-state index in [4.69, 9.17) is 0 Å². The number of rotatable bonds is 6. The molecule has 0 aliphatic heterocycles. The maximum Gasteiger partial charge on any atom is 0.270 e. The van der Waals surface area contributed by atoms with E-state index in [2.05, 4.69) is 34.8 Å². The van der Waals surface area contributed by atoms with Crippen molar-refractivity contribution in [1.29, 1.82) is 0 Å². The highest BCUT2D eigenvalue weighted by Gasteiger charge is 2.19. The van der Waals surface area contributed by atoms with Gasteiger partial charge in [-0.15, -0.1) is 0 Å². The maximum absolute atomic E-state index is 13.4. The summed E-state index contributed by atoms with van der Waals surface area (Å²) >= 11 is 0. The van der Waals surface area contributed by atoms with Crippen molar-refractivity contribution in [2.75, 3.05) is 7.05 Å². The Morgan fingerprint density at radius 2 is 1.63 bits per heavy atom. The largest absolute Gasteiger partial charge is 0.338 e. The zero-order valence-electron chi connectivity index (χ0n) is 17.3. The van der Waals surface area contributed by atoms with Gasteiger partial charge in [-0.25, -0.2) is 0 Å². The van der Waals surface area contributed by atoms with Gasteiger partial charge in [0.2, 0.25) is 0 Å². The van der Waals surface area contributed by atoms with Gasteiger partial charge in [0.25, 0.3) is 5.91 Å². The van der Waals surface area contributed by atoms with Gasteiger partial charge in [0.15, 0.2) is 0 Å². The quantitative estimate of drug-likeness (QED) is 0.451. The Morgan fingerprint density at radius 3 is 2.37 bits per heavy atom. The van der Waals surface area contributed by atoms with Crippen LogP contribution in [0.2, 0.25) is 0 Å². The molecule has 150 valence electrons. The highest BCUT2D eigenvalue weighted by molar-refractivity contribution is 5.94. The molecule has 2 heterocycles. The molecule has 0 saturated heterocycles. The first-order chi connectivity index (χ1) is 14.6. The van der Waals surface area contributed by atoms with Crippen LogP contribution in [0.3, 0.4) is 0 Å². The van der Waals surface area contributed by atoms with E-state index < -0.39 is 0 Å². The molecule has 0 spiro atoms. The number of carbonyl (C=O) groups excluding carboxylic acids is 1. The molecular weight excluding hydrogens is 370 g/mol. The topological polar surface area (TPSA) is 38.1 Å².